The molecule has 0 atom stereocenters. The molecule has 0 N–H and O–H groups in total. The lowest BCUT2D eigenvalue weighted by molar-refractivity contribution is -0.130. The predicted molar refractivity (Wildman–Crippen MR) is 82.7 cm³/mol. The van der Waals surface area contributed by atoms with Crippen molar-refractivity contribution in [1.29, 1.82) is 0 Å². The molecule has 1 amide bonds. The Morgan fingerprint density at radius 2 is 1.65 bits per heavy atom. The van der Waals surface area contributed by atoms with Gasteiger partial charge in [-0.05, 0) is 45.6 Å². The van der Waals surface area contributed by atoms with E-state index in [1.807, 2.05) is 4.90 Å². The summed E-state index contributed by atoms with van der Waals surface area (Å²) in [5, 5.41) is 0. The molecule has 2 aliphatic heterocycles. The standard InChI is InChI=1S/C16H31N3O/c1-14(2)18-12-10-17(11-13-18)7-4-16-5-8-19(9-6-16)15(3)20/h14,16H,4-13H2,1-3H3. The summed E-state index contributed by atoms with van der Waals surface area (Å²) in [6.07, 6.45) is 3.71. The zero-order valence-corrected chi connectivity index (χ0v) is 13.5. The van der Waals surface area contributed by atoms with E-state index in [1.165, 1.54) is 52.0 Å². The number of carbonyl (C=O) groups is 1. The lowest BCUT2D eigenvalue weighted by Gasteiger charge is -2.38. The van der Waals surface area contributed by atoms with Crippen molar-refractivity contribution in [3.8, 4) is 0 Å². The van der Waals surface area contributed by atoms with Crippen LogP contribution in [0.4, 0.5) is 0 Å². The van der Waals surface area contributed by atoms with E-state index in [4.69, 9.17) is 0 Å². The number of hydrogen-bond donors (Lipinski definition) is 0. The van der Waals surface area contributed by atoms with Crippen LogP contribution in [0.1, 0.15) is 40.0 Å². The highest BCUT2D eigenvalue weighted by Gasteiger charge is 2.23. The van der Waals surface area contributed by atoms with Gasteiger partial charge in [0.2, 0.25) is 5.91 Å². The number of amides is 1. The van der Waals surface area contributed by atoms with Crippen molar-refractivity contribution >= 4 is 5.91 Å². The Bertz CT molecular complexity index is 303. The third-order valence-electron chi connectivity index (χ3n) is 5.05. The second kappa shape index (κ2) is 7.41. The van der Waals surface area contributed by atoms with Crippen LogP contribution in [0.3, 0.4) is 0 Å². The smallest absolute Gasteiger partial charge is 0.219 e. The second-order valence-corrected chi connectivity index (χ2v) is 6.71. The van der Waals surface area contributed by atoms with Crippen LogP contribution in [0.15, 0.2) is 0 Å². The van der Waals surface area contributed by atoms with E-state index in [1.54, 1.807) is 6.92 Å². The van der Waals surface area contributed by atoms with Gasteiger partial charge in [-0.1, -0.05) is 0 Å². The van der Waals surface area contributed by atoms with Crippen molar-refractivity contribution < 1.29 is 4.79 Å². The summed E-state index contributed by atoms with van der Waals surface area (Å²) in [6, 6.07) is 0.688. The molecule has 0 saturated carbocycles. The van der Waals surface area contributed by atoms with Gasteiger partial charge in [0.1, 0.15) is 0 Å². The van der Waals surface area contributed by atoms with Crippen LogP contribution in [-0.4, -0.2) is 72.5 Å². The third-order valence-corrected chi connectivity index (χ3v) is 5.05. The van der Waals surface area contributed by atoms with Gasteiger partial charge in [-0.2, -0.15) is 0 Å². The summed E-state index contributed by atoms with van der Waals surface area (Å²) in [6.45, 7) is 14.4. The molecule has 0 aromatic heterocycles. The molecule has 2 heterocycles. The minimum atomic E-state index is 0.244. The van der Waals surface area contributed by atoms with Gasteiger partial charge < -0.3 is 9.80 Å². The first kappa shape index (κ1) is 15.8. The minimum absolute atomic E-state index is 0.244. The molecule has 2 saturated heterocycles. The van der Waals surface area contributed by atoms with Crippen molar-refractivity contribution in [2.45, 2.75) is 46.1 Å². The van der Waals surface area contributed by atoms with Crippen LogP contribution in [0, 0.1) is 5.92 Å². The van der Waals surface area contributed by atoms with Gasteiger partial charge in [-0.25, -0.2) is 0 Å². The number of piperazine rings is 1. The van der Waals surface area contributed by atoms with Gasteiger partial charge >= 0.3 is 0 Å². The topological polar surface area (TPSA) is 26.8 Å². The van der Waals surface area contributed by atoms with E-state index in [2.05, 4.69) is 23.6 Å². The number of likely N-dealkylation sites (tertiary alicyclic amines) is 1. The molecule has 4 heteroatoms. The molecule has 20 heavy (non-hydrogen) atoms. The summed E-state index contributed by atoms with van der Waals surface area (Å²) < 4.78 is 0. The fourth-order valence-corrected chi connectivity index (χ4v) is 3.41. The van der Waals surface area contributed by atoms with E-state index in [9.17, 15) is 4.79 Å². The maximum absolute atomic E-state index is 11.3. The van der Waals surface area contributed by atoms with Crippen LogP contribution in [0.2, 0.25) is 0 Å². The van der Waals surface area contributed by atoms with Gasteiger partial charge in [-0.3, -0.25) is 9.69 Å². The normalized spacial score (nSPS) is 23.5. The first-order valence-corrected chi connectivity index (χ1v) is 8.28. The first-order chi connectivity index (χ1) is 9.56. The van der Waals surface area contributed by atoms with Crippen molar-refractivity contribution in [3.63, 3.8) is 0 Å². The molecule has 116 valence electrons. The molecule has 0 bridgehead atoms. The first-order valence-electron chi connectivity index (χ1n) is 8.28. The fraction of sp³-hybridized carbons (Fsp3) is 0.938. The van der Waals surface area contributed by atoms with Crippen molar-refractivity contribution in [2.75, 3.05) is 45.8 Å². The van der Waals surface area contributed by atoms with Crippen LogP contribution < -0.4 is 0 Å². The van der Waals surface area contributed by atoms with Crippen molar-refractivity contribution in [2.24, 2.45) is 5.92 Å². The molecular weight excluding hydrogens is 250 g/mol. The predicted octanol–water partition coefficient (Wildman–Crippen LogP) is 1.66. The van der Waals surface area contributed by atoms with Crippen LogP contribution in [-0.2, 0) is 4.79 Å². The Kier molecular flexibility index (Phi) is 5.85. The Morgan fingerprint density at radius 1 is 1.05 bits per heavy atom. The lowest BCUT2D eigenvalue weighted by atomic mass is 9.93. The number of rotatable bonds is 4. The summed E-state index contributed by atoms with van der Waals surface area (Å²) in [5.74, 6) is 1.07. The molecule has 0 spiro atoms. The summed E-state index contributed by atoms with van der Waals surface area (Å²) >= 11 is 0. The Hall–Kier alpha value is -0.610. The van der Waals surface area contributed by atoms with Crippen molar-refractivity contribution in [1.82, 2.24) is 14.7 Å². The van der Waals surface area contributed by atoms with Crippen LogP contribution >= 0.6 is 0 Å². The van der Waals surface area contributed by atoms with E-state index in [-0.39, 0.29) is 5.91 Å². The number of piperidine rings is 1. The SMILES string of the molecule is CC(=O)N1CCC(CCN2CCN(C(C)C)CC2)CC1. The molecule has 4 nitrogen and oxygen atoms in total. The molecular formula is C16H31N3O. The van der Waals surface area contributed by atoms with E-state index < -0.39 is 0 Å². The molecule has 0 radical (unpaired) electrons. The molecule has 0 aromatic rings. The van der Waals surface area contributed by atoms with E-state index in [0.29, 0.717) is 6.04 Å². The molecule has 2 aliphatic rings. The zero-order valence-electron chi connectivity index (χ0n) is 13.5. The van der Waals surface area contributed by atoms with E-state index >= 15 is 0 Å². The maximum atomic E-state index is 11.3. The second-order valence-electron chi connectivity index (χ2n) is 6.71. The average molecular weight is 281 g/mol. The van der Waals surface area contributed by atoms with Gasteiger partial charge in [0.05, 0.1) is 0 Å². The summed E-state index contributed by atoms with van der Waals surface area (Å²) in [7, 11) is 0. The number of nitrogens with zero attached hydrogens (tertiary/aromatic N) is 3. The largest absolute Gasteiger partial charge is 0.343 e. The van der Waals surface area contributed by atoms with Crippen LogP contribution in [0.25, 0.3) is 0 Å². The molecule has 2 rings (SSSR count). The van der Waals surface area contributed by atoms with Gasteiger partial charge in [0.15, 0.2) is 0 Å². The lowest BCUT2D eigenvalue weighted by Crippen LogP contribution is -2.49. The molecule has 0 aromatic carbocycles. The fourth-order valence-electron chi connectivity index (χ4n) is 3.41. The maximum Gasteiger partial charge on any atom is 0.219 e. The average Bonchev–Trinajstić information content (AvgIpc) is 2.46. The molecule has 0 unspecified atom stereocenters. The highest BCUT2D eigenvalue weighted by molar-refractivity contribution is 5.73. The number of carbonyl (C=O) groups excluding carboxylic acids is 1. The highest BCUT2D eigenvalue weighted by atomic mass is 16.2. The number of hydrogen-bond acceptors (Lipinski definition) is 3. The van der Waals surface area contributed by atoms with Crippen LogP contribution in [0.5, 0.6) is 0 Å². The van der Waals surface area contributed by atoms with Gasteiger partial charge in [0, 0.05) is 52.2 Å². The Balaban J connectivity index is 1.61. The third kappa shape index (κ3) is 4.45. The zero-order chi connectivity index (χ0) is 14.5. The quantitative estimate of drug-likeness (QED) is 0.784. The monoisotopic (exact) mass is 281 g/mol. The Labute approximate surface area is 124 Å². The minimum Gasteiger partial charge on any atom is -0.343 e. The molecule has 0 aliphatic carbocycles. The Morgan fingerprint density at radius 3 is 2.15 bits per heavy atom. The van der Waals surface area contributed by atoms with Gasteiger partial charge in [0.25, 0.3) is 0 Å². The summed E-state index contributed by atoms with van der Waals surface area (Å²) in [5.41, 5.74) is 0. The van der Waals surface area contributed by atoms with E-state index in [0.717, 1.165) is 19.0 Å². The van der Waals surface area contributed by atoms with Gasteiger partial charge in [-0.15, -0.1) is 0 Å². The highest BCUT2D eigenvalue weighted by Crippen LogP contribution is 2.21. The summed E-state index contributed by atoms with van der Waals surface area (Å²) in [4.78, 5) is 18.5. The van der Waals surface area contributed by atoms with Crippen molar-refractivity contribution in [3.05, 3.63) is 0 Å². The molecule has 2 fully saturated rings.